The van der Waals surface area contributed by atoms with Crippen molar-refractivity contribution in [3.8, 4) is 0 Å². The van der Waals surface area contributed by atoms with Gasteiger partial charge in [0.1, 0.15) is 0 Å². The number of nitrogens with zero attached hydrogens (tertiary/aromatic N) is 1. The number of amides is 1. The number of nitrogens with one attached hydrogen (secondary N) is 1. The predicted molar refractivity (Wildman–Crippen MR) is 107 cm³/mol. The summed E-state index contributed by atoms with van der Waals surface area (Å²) in [7, 11) is 0. The fourth-order valence-electron chi connectivity index (χ4n) is 3.92. The van der Waals surface area contributed by atoms with E-state index in [1.54, 1.807) is 11.3 Å². The van der Waals surface area contributed by atoms with Gasteiger partial charge in [0.25, 0.3) is 0 Å². The number of carbonyl (C=O) groups excluding carboxylic acids is 1. The number of hydrogen-bond donors (Lipinski definition) is 1. The molecule has 138 valence electrons. The lowest BCUT2D eigenvalue weighted by Crippen LogP contribution is -2.45. The fraction of sp³-hybridized carbons (Fsp3) is 0.476. The maximum atomic E-state index is 12.5. The topological polar surface area (TPSA) is 41.6 Å². The molecule has 1 saturated heterocycles. The summed E-state index contributed by atoms with van der Waals surface area (Å²) >= 11 is 1.77. The van der Waals surface area contributed by atoms with Gasteiger partial charge >= 0.3 is 0 Å². The van der Waals surface area contributed by atoms with Gasteiger partial charge in [-0.1, -0.05) is 0 Å². The molecule has 1 saturated carbocycles. The van der Waals surface area contributed by atoms with Gasteiger partial charge in [0.05, 0.1) is 12.2 Å². The van der Waals surface area contributed by atoms with Crippen LogP contribution in [0.5, 0.6) is 0 Å². The molecule has 1 aromatic carbocycles. The number of hydrogen-bond acceptors (Lipinski definition) is 4. The Labute approximate surface area is 159 Å². The van der Waals surface area contributed by atoms with Crippen LogP contribution in [0, 0.1) is 12.8 Å². The summed E-state index contributed by atoms with van der Waals surface area (Å²) in [6.45, 7) is 8.16. The zero-order chi connectivity index (χ0) is 18.3. The Kier molecular flexibility index (Phi) is 4.76. The molecule has 4 atom stereocenters. The van der Waals surface area contributed by atoms with Gasteiger partial charge in [-0.15, -0.1) is 11.3 Å². The van der Waals surface area contributed by atoms with Crippen molar-refractivity contribution in [2.75, 3.05) is 23.3 Å². The van der Waals surface area contributed by atoms with Crippen molar-refractivity contribution in [1.82, 2.24) is 0 Å². The van der Waals surface area contributed by atoms with Crippen molar-refractivity contribution >= 4 is 28.6 Å². The van der Waals surface area contributed by atoms with Crippen molar-refractivity contribution in [3.05, 3.63) is 46.2 Å². The molecule has 1 aliphatic carbocycles. The van der Waals surface area contributed by atoms with Gasteiger partial charge in [0.15, 0.2) is 0 Å². The molecule has 1 aliphatic heterocycles. The highest BCUT2D eigenvalue weighted by atomic mass is 32.1. The molecule has 1 aromatic heterocycles. The lowest BCUT2D eigenvalue weighted by atomic mass is 10.1. The summed E-state index contributed by atoms with van der Waals surface area (Å²) in [5, 5.41) is 5.20. The summed E-state index contributed by atoms with van der Waals surface area (Å²) in [5.74, 6) is 0.669. The molecule has 4 nitrogen and oxygen atoms in total. The van der Waals surface area contributed by atoms with E-state index in [-0.39, 0.29) is 24.0 Å². The Morgan fingerprint density at radius 1 is 1.15 bits per heavy atom. The van der Waals surface area contributed by atoms with Gasteiger partial charge in [0, 0.05) is 41.2 Å². The second-order valence-corrected chi connectivity index (χ2v) is 8.56. The minimum atomic E-state index is 0.118. The van der Waals surface area contributed by atoms with E-state index in [1.165, 1.54) is 16.1 Å². The lowest BCUT2D eigenvalue weighted by Gasteiger charge is -2.36. The first kappa shape index (κ1) is 17.6. The molecule has 2 aromatic rings. The number of carbonyl (C=O) groups is 1. The van der Waals surface area contributed by atoms with Gasteiger partial charge in [-0.2, -0.15) is 0 Å². The molecular formula is C21H26N2O2S. The van der Waals surface area contributed by atoms with Crippen molar-refractivity contribution < 1.29 is 9.53 Å². The second kappa shape index (κ2) is 7.05. The standard InChI is InChI=1S/C21H26N2O2S/c1-13-8-9-26-20(13)18-10-19(18)21(24)22-16-4-6-17(7-5-16)23-11-14(2)25-15(3)12-23/h4-9,14-15,18-19H,10-12H2,1-3H3,(H,22,24)/t14-,15+,18-,19+/m1/s1. The molecule has 1 amide bonds. The fourth-order valence-corrected chi connectivity index (χ4v) is 5.03. The third-order valence-corrected chi connectivity index (χ3v) is 6.44. The predicted octanol–water partition coefficient (Wildman–Crippen LogP) is 4.41. The maximum absolute atomic E-state index is 12.5. The monoisotopic (exact) mass is 370 g/mol. The number of morpholine rings is 1. The van der Waals surface area contributed by atoms with E-state index in [1.807, 2.05) is 12.1 Å². The Bertz CT molecular complexity index is 776. The first-order valence-electron chi connectivity index (χ1n) is 9.36. The molecule has 2 fully saturated rings. The molecule has 0 radical (unpaired) electrons. The van der Waals surface area contributed by atoms with Gasteiger partial charge in [-0.05, 0) is 68.5 Å². The quantitative estimate of drug-likeness (QED) is 0.867. The third kappa shape index (κ3) is 3.64. The van der Waals surface area contributed by atoms with Crippen LogP contribution in [0.3, 0.4) is 0 Å². The van der Waals surface area contributed by atoms with Crippen molar-refractivity contribution in [3.63, 3.8) is 0 Å². The summed E-state index contributed by atoms with van der Waals surface area (Å²) < 4.78 is 5.80. The van der Waals surface area contributed by atoms with Crippen LogP contribution < -0.4 is 10.2 Å². The molecule has 5 heteroatoms. The van der Waals surface area contributed by atoms with E-state index in [9.17, 15) is 4.79 Å². The molecule has 1 N–H and O–H groups in total. The van der Waals surface area contributed by atoms with Gasteiger partial charge < -0.3 is 15.0 Å². The minimum Gasteiger partial charge on any atom is -0.372 e. The van der Waals surface area contributed by atoms with Crippen LogP contribution in [0.2, 0.25) is 0 Å². The van der Waals surface area contributed by atoms with Gasteiger partial charge in [-0.25, -0.2) is 0 Å². The van der Waals surface area contributed by atoms with Crippen LogP contribution in [-0.4, -0.2) is 31.2 Å². The van der Waals surface area contributed by atoms with Crippen LogP contribution >= 0.6 is 11.3 Å². The minimum absolute atomic E-state index is 0.118. The molecule has 26 heavy (non-hydrogen) atoms. The number of aryl methyl sites for hydroxylation is 1. The van der Waals surface area contributed by atoms with E-state index in [2.05, 4.69) is 54.6 Å². The summed E-state index contributed by atoms with van der Waals surface area (Å²) in [4.78, 5) is 16.3. The van der Waals surface area contributed by atoms with Gasteiger partial charge in [-0.3, -0.25) is 4.79 Å². The molecule has 4 rings (SSSR count). The normalized spacial score (nSPS) is 28.0. The Morgan fingerprint density at radius 2 is 1.85 bits per heavy atom. The summed E-state index contributed by atoms with van der Waals surface area (Å²) in [6, 6.07) is 10.3. The summed E-state index contributed by atoms with van der Waals surface area (Å²) in [5.41, 5.74) is 3.37. The van der Waals surface area contributed by atoms with E-state index in [0.29, 0.717) is 5.92 Å². The molecular weight excluding hydrogens is 344 g/mol. The number of thiophene rings is 1. The van der Waals surface area contributed by atoms with Gasteiger partial charge in [0.2, 0.25) is 5.91 Å². The van der Waals surface area contributed by atoms with Crippen LogP contribution in [0.15, 0.2) is 35.7 Å². The molecule has 2 heterocycles. The first-order valence-corrected chi connectivity index (χ1v) is 10.2. The zero-order valence-corrected chi connectivity index (χ0v) is 16.4. The highest BCUT2D eigenvalue weighted by Crippen LogP contribution is 2.50. The van der Waals surface area contributed by atoms with Crippen molar-refractivity contribution in [2.24, 2.45) is 5.92 Å². The Morgan fingerprint density at radius 3 is 2.46 bits per heavy atom. The average Bonchev–Trinajstić information content (AvgIpc) is 3.29. The van der Waals surface area contributed by atoms with E-state index in [0.717, 1.165) is 25.2 Å². The van der Waals surface area contributed by atoms with E-state index < -0.39 is 0 Å². The van der Waals surface area contributed by atoms with E-state index >= 15 is 0 Å². The van der Waals surface area contributed by atoms with Crippen LogP contribution in [0.1, 0.15) is 36.6 Å². The number of benzene rings is 1. The van der Waals surface area contributed by atoms with Crippen molar-refractivity contribution in [2.45, 2.75) is 45.3 Å². The molecule has 0 unspecified atom stereocenters. The Balaban J connectivity index is 1.36. The third-order valence-electron chi connectivity index (χ3n) is 5.29. The maximum Gasteiger partial charge on any atom is 0.228 e. The smallest absolute Gasteiger partial charge is 0.228 e. The largest absolute Gasteiger partial charge is 0.372 e. The van der Waals surface area contributed by atoms with Crippen LogP contribution in [0.25, 0.3) is 0 Å². The Hall–Kier alpha value is -1.85. The number of anilines is 2. The number of rotatable bonds is 4. The molecule has 0 bridgehead atoms. The highest BCUT2D eigenvalue weighted by molar-refractivity contribution is 7.10. The van der Waals surface area contributed by atoms with Crippen LogP contribution in [-0.2, 0) is 9.53 Å². The highest BCUT2D eigenvalue weighted by Gasteiger charge is 2.45. The SMILES string of the molecule is Cc1ccsc1[C@@H]1C[C@@H]1C(=O)Nc1ccc(N2C[C@@H](C)O[C@@H](C)C2)cc1. The first-order chi connectivity index (χ1) is 12.5. The van der Waals surface area contributed by atoms with Crippen LogP contribution in [0.4, 0.5) is 11.4 Å². The lowest BCUT2D eigenvalue weighted by molar-refractivity contribution is -0.117. The van der Waals surface area contributed by atoms with E-state index in [4.69, 9.17) is 4.74 Å². The summed E-state index contributed by atoms with van der Waals surface area (Å²) in [6.07, 6.45) is 1.45. The zero-order valence-electron chi connectivity index (χ0n) is 15.6. The molecule has 2 aliphatic rings. The molecule has 0 spiro atoms. The van der Waals surface area contributed by atoms with Crippen molar-refractivity contribution in [1.29, 1.82) is 0 Å². The number of ether oxygens (including phenoxy) is 1. The average molecular weight is 371 g/mol. The second-order valence-electron chi connectivity index (χ2n) is 7.61.